The first-order valence-electron chi connectivity index (χ1n) is 3.43. The molecule has 0 saturated carbocycles. The zero-order chi connectivity index (χ0) is 7.07. The van der Waals surface area contributed by atoms with E-state index in [2.05, 4.69) is 24.3 Å². The Labute approximate surface area is 105 Å². The van der Waals surface area contributed by atoms with Gasteiger partial charge in [0.1, 0.15) is 0 Å². The van der Waals surface area contributed by atoms with Crippen molar-refractivity contribution >= 4 is 17.0 Å². The van der Waals surface area contributed by atoms with Gasteiger partial charge >= 0.3 is 0 Å². The summed E-state index contributed by atoms with van der Waals surface area (Å²) in [5.74, 6) is 0. The van der Waals surface area contributed by atoms with Gasteiger partial charge in [0, 0.05) is 25.8 Å². The summed E-state index contributed by atoms with van der Waals surface area (Å²) >= 11 is 0. The van der Waals surface area contributed by atoms with Crippen LogP contribution in [0, 0.1) is 12.2 Å². The van der Waals surface area contributed by atoms with Crippen molar-refractivity contribution in [3.63, 3.8) is 0 Å². The number of hydrogen-bond donors (Lipinski definition) is 0. The molecule has 0 saturated heterocycles. The first-order valence-corrected chi connectivity index (χ1v) is 3.43. The molecule has 0 radical (unpaired) electrons. The average molecular weight is 391 g/mol. The summed E-state index contributed by atoms with van der Waals surface area (Å²) < 4.78 is 0. The molecule has 0 N–H and O–H groups in total. The zero-order valence-corrected chi connectivity index (χ0v) is 12.1. The Morgan fingerprint density at radius 2 is 1.33 bits per heavy atom. The van der Waals surface area contributed by atoms with Gasteiger partial charge in [-0.3, -0.25) is 12.2 Å². The molecule has 2 aliphatic carbocycles. The Morgan fingerprint density at radius 3 is 1.42 bits per heavy atom. The van der Waals surface area contributed by atoms with Gasteiger partial charge in [0.15, 0.2) is 0 Å². The molecular weight excluding hydrogens is 379 g/mol. The third-order valence-corrected chi connectivity index (χ3v) is 1.17. The molecule has 2 aliphatic rings. The van der Waals surface area contributed by atoms with Gasteiger partial charge in [0.2, 0.25) is 0 Å². The minimum Gasteiger partial charge on any atom is -1.00 e. The molecule has 12 heavy (non-hydrogen) atoms. The van der Waals surface area contributed by atoms with Crippen molar-refractivity contribution in [3.05, 3.63) is 48.6 Å². The molecule has 0 atom stereocenters. The molecule has 0 aromatic rings. The summed E-state index contributed by atoms with van der Waals surface area (Å²) in [7, 11) is 0. The van der Waals surface area contributed by atoms with E-state index in [1.807, 2.05) is 24.3 Å². The SMILES string of the molecule is Br.[C-]1=CC=CC1.[C-]1=CC=CC1.[H-].[Hf]. The van der Waals surface area contributed by atoms with Crippen LogP contribution in [-0.4, -0.2) is 0 Å². The smallest absolute Gasteiger partial charge is 0 e. The standard InChI is InChI=1S/2C5H5.BrH.Hf.H/c2*1-2-4-5-3-1;;;/h2*1-3H,4H2;1H;;/q2*-1;;;-1. The quantitative estimate of drug-likeness (QED) is 0.440. The normalized spacial score (nSPS) is 14.7. The van der Waals surface area contributed by atoms with Crippen LogP contribution in [0.1, 0.15) is 14.3 Å². The molecule has 0 amide bonds. The maximum atomic E-state index is 2.99. The Morgan fingerprint density at radius 1 is 0.917 bits per heavy atom. The molecule has 2 heteroatoms. The maximum Gasteiger partial charge on any atom is 0 e. The minimum atomic E-state index is 0. The van der Waals surface area contributed by atoms with E-state index < -0.39 is 0 Å². The number of halogens is 1. The molecule has 0 heterocycles. The fraction of sp³-hybridized carbons (Fsp3) is 0.200. The molecule has 0 aromatic carbocycles. The first-order chi connectivity index (χ1) is 5.00. The number of allylic oxidation sites excluding steroid dienone is 8. The van der Waals surface area contributed by atoms with Gasteiger partial charge in [-0.05, 0) is 0 Å². The summed E-state index contributed by atoms with van der Waals surface area (Å²) in [5, 5.41) is 0. The molecule has 0 fully saturated rings. The molecule has 0 nitrogen and oxygen atoms in total. The van der Waals surface area contributed by atoms with Crippen LogP contribution in [0.5, 0.6) is 0 Å². The van der Waals surface area contributed by atoms with Gasteiger partial charge in [-0.25, -0.2) is 24.3 Å². The van der Waals surface area contributed by atoms with Gasteiger partial charge in [-0.15, -0.1) is 29.8 Å². The Balaban J connectivity index is -0.000000125. The van der Waals surface area contributed by atoms with Crippen LogP contribution in [0.3, 0.4) is 0 Å². The second-order valence-electron chi connectivity index (χ2n) is 2.01. The van der Waals surface area contributed by atoms with E-state index in [9.17, 15) is 0 Å². The van der Waals surface area contributed by atoms with E-state index in [0.717, 1.165) is 12.8 Å². The van der Waals surface area contributed by atoms with Gasteiger partial charge in [0.05, 0.1) is 0 Å². The van der Waals surface area contributed by atoms with Crippen molar-refractivity contribution in [3.8, 4) is 0 Å². The predicted octanol–water partition coefficient (Wildman–Crippen LogP) is 3.30. The van der Waals surface area contributed by atoms with E-state index in [0.29, 0.717) is 0 Å². The van der Waals surface area contributed by atoms with Crippen molar-refractivity contribution in [2.24, 2.45) is 0 Å². The largest absolute Gasteiger partial charge is 1.00 e. The monoisotopic (exact) mass is 391 g/mol. The summed E-state index contributed by atoms with van der Waals surface area (Å²) in [6, 6.07) is 0. The second-order valence-corrected chi connectivity index (χ2v) is 2.01. The topological polar surface area (TPSA) is 0 Å². The average Bonchev–Trinajstić information content (AvgIpc) is 2.67. The molecule has 66 valence electrons. The van der Waals surface area contributed by atoms with Crippen LogP contribution in [0.2, 0.25) is 0 Å². The van der Waals surface area contributed by atoms with Crippen molar-refractivity contribution in [1.82, 2.24) is 0 Å². The van der Waals surface area contributed by atoms with E-state index in [-0.39, 0.29) is 44.3 Å². The second kappa shape index (κ2) is 11.3. The third-order valence-electron chi connectivity index (χ3n) is 1.17. The molecule has 0 spiro atoms. The van der Waals surface area contributed by atoms with Crippen molar-refractivity contribution in [2.75, 3.05) is 0 Å². The summed E-state index contributed by atoms with van der Waals surface area (Å²) in [5.41, 5.74) is 0. The Bertz CT molecular complexity index is 153. The van der Waals surface area contributed by atoms with Crippen molar-refractivity contribution < 1.29 is 27.3 Å². The number of rotatable bonds is 0. The third kappa shape index (κ3) is 8.41. The molecule has 0 unspecified atom stereocenters. The van der Waals surface area contributed by atoms with Gasteiger partial charge < -0.3 is 1.43 Å². The maximum absolute atomic E-state index is 2.99. The molecule has 2 rings (SSSR count). The Hall–Kier alpha value is 0.310. The van der Waals surface area contributed by atoms with E-state index in [1.165, 1.54) is 0 Å². The zero-order valence-electron chi connectivity index (χ0n) is 7.79. The van der Waals surface area contributed by atoms with Crippen molar-refractivity contribution in [1.29, 1.82) is 0 Å². The Kier molecular flexibility index (Phi) is 14.0. The van der Waals surface area contributed by atoms with Gasteiger partial charge in [0.25, 0.3) is 0 Å². The first kappa shape index (κ1) is 14.8. The summed E-state index contributed by atoms with van der Waals surface area (Å²) in [6.45, 7) is 0. The predicted molar refractivity (Wildman–Crippen MR) is 54.6 cm³/mol. The summed E-state index contributed by atoms with van der Waals surface area (Å²) in [4.78, 5) is 0. The van der Waals surface area contributed by atoms with E-state index in [4.69, 9.17) is 0 Å². The van der Waals surface area contributed by atoms with Crippen LogP contribution >= 0.6 is 17.0 Å². The molecular formula is C10H12BrHf-3. The van der Waals surface area contributed by atoms with Crippen LogP contribution in [0.15, 0.2) is 36.5 Å². The van der Waals surface area contributed by atoms with Crippen LogP contribution in [-0.2, 0) is 25.8 Å². The van der Waals surface area contributed by atoms with Gasteiger partial charge in [-0.2, -0.15) is 12.2 Å². The number of hydrogen-bond acceptors (Lipinski definition) is 0. The van der Waals surface area contributed by atoms with Crippen LogP contribution < -0.4 is 0 Å². The molecule has 0 bridgehead atoms. The van der Waals surface area contributed by atoms with Gasteiger partial charge in [-0.1, -0.05) is 0 Å². The minimum absolute atomic E-state index is 0. The summed E-state index contributed by atoms with van der Waals surface area (Å²) in [6.07, 6.45) is 20.0. The fourth-order valence-electron chi connectivity index (χ4n) is 0.680. The van der Waals surface area contributed by atoms with Crippen LogP contribution in [0.4, 0.5) is 0 Å². The van der Waals surface area contributed by atoms with Crippen molar-refractivity contribution in [2.45, 2.75) is 12.8 Å². The molecule has 0 aliphatic heterocycles. The van der Waals surface area contributed by atoms with Crippen LogP contribution in [0.25, 0.3) is 0 Å². The molecule has 0 aromatic heterocycles. The van der Waals surface area contributed by atoms with E-state index in [1.54, 1.807) is 0 Å². The fourth-order valence-corrected chi connectivity index (χ4v) is 0.680. The van der Waals surface area contributed by atoms with E-state index >= 15 is 0 Å².